The molecule has 0 saturated carbocycles. The second-order valence-electron chi connectivity index (χ2n) is 8.94. The van der Waals surface area contributed by atoms with Crippen LogP contribution in [0.15, 0.2) is 66.7 Å². The second kappa shape index (κ2) is 11.4. The molecule has 4 rings (SSSR count). The van der Waals surface area contributed by atoms with E-state index in [1.165, 1.54) is 6.08 Å². The van der Waals surface area contributed by atoms with E-state index < -0.39 is 5.97 Å². The first-order valence-electron chi connectivity index (χ1n) is 12.2. The van der Waals surface area contributed by atoms with Gasteiger partial charge in [0.1, 0.15) is 0 Å². The Morgan fingerprint density at radius 3 is 2.51 bits per heavy atom. The van der Waals surface area contributed by atoms with Gasteiger partial charge in [-0.2, -0.15) is 0 Å². The summed E-state index contributed by atoms with van der Waals surface area (Å²) >= 11 is 6.29. The molecule has 1 aliphatic heterocycles. The van der Waals surface area contributed by atoms with Crippen LogP contribution in [0, 0.1) is 13.8 Å². The van der Waals surface area contributed by atoms with Crippen LogP contribution >= 0.6 is 11.6 Å². The summed E-state index contributed by atoms with van der Waals surface area (Å²) in [5.41, 5.74) is 5.61. The fourth-order valence-electron chi connectivity index (χ4n) is 4.52. The molecule has 0 spiro atoms. The lowest BCUT2D eigenvalue weighted by Gasteiger charge is -2.24. The van der Waals surface area contributed by atoms with Crippen molar-refractivity contribution in [1.82, 2.24) is 0 Å². The molecule has 0 aromatic heterocycles. The molecule has 0 atom stereocenters. The zero-order valence-corrected chi connectivity index (χ0v) is 21.9. The summed E-state index contributed by atoms with van der Waals surface area (Å²) in [5, 5.41) is 3.44. The molecule has 1 aliphatic rings. The Kier molecular flexibility index (Phi) is 8.09. The van der Waals surface area contributed by atoms with Crippen LogP contribution in [0.3, 0.4) is 0 Å². The van der Waals surface area contributed by atoms with Crippen LogP contribution in [-0.2, 0) is 9.53 Å². The Morgan fingerprint density at radius 2 is 1.78 bits per heavy atom. The first kappa shape index (κ1) is 26.2. The van der Waals surface area contributed by atoms with E-state index in [0.29, 0.717) is 46.9 Å². The third-order valence-corrected chi connectivity index (χ3v) is 6.59. The molecule has 0 aliphatic carbocycles. The van der Waals surface area contributed by atoms with Gasteiger partial charge >= 0.3 is 5.97 Å². The van der Waals surface area contributed by atoms with Gasteiger partial charge in [0.15, 0.2) is 0 Å². The number of allylic oxidation sites excluding steroid dienone is 1. The minimum Gasteiger partial charge on any atom is -0.463 e. The average Bonchev–Trinajstić information content (AvgIpc) is 3.03. The predicted molar refractivity (Wildman–Crippen MR) is 147 cm³/mol. The van der Waals surface area contributed by atoms with Gasteiger partial charge in [-0.05, 0) is 92.8 Å². The number of nitrogens with one attached hydrogen (secondary N) is 1. The lowest BCUT2D eigenvalue weighted by molar-refractivity contribution is -0.137. The van der Waals surface area contributed by atoms with Gasteiger partial charge in [-0.15, -0.1) is 0 Å². The molecular formula is C30H29ClN2O4. The van der Waals surface area contributed by atoms with Crippen LogP contribution < -0.4 is 10.2 Å². The molecule has 0 fully saturated rings. The highest BCUT2D eigenvalue weighted by molar-refractivity contribution is 6.31. The Balaban J connectivity index is 1.62. The maximum Gasteiger partial charge on any atom is 0.331 e. The molecule has 3 aromatic rings. The number of anilines is 2. The largest absolute Gasteiger partial charge is 0.463 e. The van der Waals surface area contributed by atoms with Gasteiger partial charge in [0.05, 0.1) is 12.3 Å². The van der Waals surface area contributed by atoms with Crippen LogP contribution in [0.4, 0.5) is 11.4 Å². The van der Waals surface area contributed by atoms with E-state index in [1.54, 1.807) is 48.2 Å². The highest BCUT2D eigenvalue weighted by atomic mass is 35.5. The number of hydrogen-bond donors (Lipinski definition) is 1. The molecular weight excluding hydrogens is 488 g/mol. The normalized spacial score (nSPS) is 14.1. The van der Waals surface area contributed by atoms with Crippen LogP contribution in [-0.4, -0.2) is 30.9 Å². The number of rotatable bonds is 5. The van der Waals surface area contributed by atoms with Crippen molar-refractivity contribution in [2.24, 2.45) is 0 Å². The van der Waals surface area contributed by atoms with Gasteiger partial charge in [-0.25, -0.2) is 4.79 Å². The maximum atomic E-state index is 13.7. The number of fused-ring (bicyclic) bond motifs is 1. The third kappa shape index (κ3) is 5.92. The summed E-state index contributed by atoms with van der Waals surface area (Å²) in [7, 11) is 0. The number of halogens is 1. The number of ether oxygens (including phenoxy) is 1. The molecule has 6 nitrogen and oxygen atoms in total. The van der Waals surface area contributed by atoms with Gasteiger partial charge in [0.2, 0.25) is 0 Å². The van der Waals surface area contributed by atoms with Crippen molar-refractivity contribution >= 4 is 46.3 Å². The Hall–Kier alpha value is -3.90. The van der Waals surface area contributed by atoms with Crippen LogP contribution in [0.1, 0.15) is 57.2 Å². The van der Waals surface area contributed by atoms with E-state index in [-0.39, 0.29) is 18.4 Å². The zero-order chi connectivity index (χ0) is 26.5. The van der Waals surface area contributed by atoms with E-state index >= 15 is 0 Å². The quantitative estimate of drug-likeness (QED) is 0.306. The monoisotopic (exact) mass is 516 g/mol. The topological polar surface area (TPSA) is 75.7 Å². The van der Waals surface area contributed by atoms with Crippen LogP contribution in [0.2, 0.25) is 5.02 Å². The number of aryl methyl sites for hydroxylation is 2. The standard InChI is InChI=1S/C30H29ClN2O4/c1-4-37-28(34)17-21-9-7-15-33(27-14-11-22(31)18-26(21)27)30(36)25-13-12-23(16-20(25)3)32-29(35)24-10-6-5-8-19(24)2/h5-6,8,10-14,16-18H,4,7,9,15H2,1-3H3,(H,32,35)/b21-17-. The minimum absolute atomic E-state index is 0.157. The van der Waals surface area contributed by atoms with Crippen molar-refractivity contribution in [2.75, 3.05) is 23.4 Å². The van der Waals surface area contributed by atoms with E-state index in [9.17, 15) is 14.4 Å². The minimum atomic E-state index is -0.414. The maximum absolute atomic E-state index is 13.7. The zero-order valence-electron chi connectivity index (χ0n) is 21.1. The first-order chi connectivity index (χ1) is 17.8. The summed E-state index contributed by atoms with van der Waals surface area (Å²) in [6.45, 7) is 6.27. The van der Waals surface area contributed by atoms with Crippen LogP contribution in [0.25, 0.3) is 5.57 Å². The number of nitrogens with zero attached hydrogens (tertiary/aromatic N) is 1. The number of carbonyl (C=O) groups is 3. The van der Waals surface area contributed by atoms with Gasteiger partial charge in [-0.1, -0.05) is 29.8 Å². The van der Waals surface area contributed by atoms with Crippen molar-refractivity contribution in [1.29, 1.82) is 0 Å². The molecule has 7 heteroatoms. The average molecular weight is 517 g/mol. The summed E-state index contributed by atoms with van der Waals surface area (Å²) in [6, 6.07) is 18.0. The fraction of sp³-hybridized carbons (Fsp3) is 0.233. The van der Waals surface area contributed by atoms with Gasteiger partial charge in [0.25, 0.3) is 11.8 Å². The highest BCUT2D eigenvalue weighted by Crippen LogP contribution is 2.37. The second-order valence-corrected chi connectivity index (χ2v) is 9.38. The SMILES string of the molecule is CCOC(=O)/C=C1/CCCN(C(=O)c2ccc(NC(=O)c3ccccc3C)cc2C)c2ccc(Cl)cc21. The third-order valence-electron chi connectivity index (χ3n) is 6.35. The lowest BCUT2D eigenvalue weighted by Crippen LogP contribution is -2.32. The van der Waals surface area contributed by atoms with Gasteiger partial charge in [0, 0.05) is 40.0 Å². The lowest BCUT2D eigenvalue weighted by atomic mass is 10.00. The van der Waals surface area contributed by atoms with E-state index in [1.807, 2.05) is 38.1 Å². The summed E-state index contributed by atoms with van der Waals surface area (Å²) < 4.78 is 5.10. The van der Waals surface area contributed by atoms with Crippen molar-refractivity contribution in [3.8, 4) is 0 Å². The Labute approximate surface area is 221 Å². The van der Waals surface area contributed by atoms with Crippen LogP contribution in [0.5, 0.6) is 0 Å². The van der Waals surface area contributed by atoms with E-state index in [0.717, 1.165) is 22.3 Å². The molecule has 0 radical (unpaired) electrons. The smallest absolute Gasteiger partial charge is 0.331 e. The van der Waals surface area contributed by atoms with Crippen molar-refractivity contribution < 1.29 is 19.1 Å². The Bertz CT molecular complexity index is 1400. The Morgan fingerprint density at radius 1 is 1.00 bits per heavy atom. The molecule has 1 heterocycles. The number of carbonyl (C=O) groups excluding carboxylic acids is 3. The first-order valence-corrected chi connectivity index (χ1v) is 12.6. The van der Waals surface area contributed by atoms with Crippen molar-refractivity contribution in [3.05, 3.63) is 99.6 Å². The fourth-order valence-corrected chi connectivity index (χ4v) is 4.70. The molecule has 1 N–H and O–H groups in total. The molecule has 0 saturated heterocycles. The van der Waals surface area contributed by atoms with Gasteiger partial charge < -0.3 is 15.0 Å². The molecule has 2 amide bonds. The highest BCUT2D eigenvalue weighted by Gasteiger charge is 2.26. The van der Waals surface area contributed by atoms with Crippen molar-refractivity contribution in [3.63, 3.8) is 0 Å². The number of amides is 2. The molecule has 3 aromatic carbocycles. The predicted octanol–water partition coefficient (Wildman–Crippen LogP) is 6.60. The van der Waals surface area contributed by atoms with E-state index in [4.69, 9.17) is 16.3 Å². The molecule has 190 valence electrons. The number of benzene rings is 3. The molecule has 0 bridgehead atoms. The summed E-state index contributed by atoms with van der Waals surface area (Å²) in [6.07, 6.45) is 2.77. The molecule has 37 heavy (non-hydrogen) atoms. The summed E-state index contributed by atoms with van der Waals surface area (Å²) in [4.78, 5) is 40.4. The van der Waals surface area contributed by atoms with Gasteiger partial charge in [-0.3, -0.25) is 9.59 Å². The molecule has 0 unspecified atom stereocenters. The van der Waals surface area contributed by atoms with Crippen molar-refractivity contribution in [2.45, 2.75) is 33.6 Å². The summed E-state index contributed by atoms with van der Waals surface area (Å²) in [5.74, 6) is -0.770. The number of hydrogen-bond acceptors (Lipinski definition) is 4. The van der Waals surface area contributed by atoms with E-state index in [2.05, 4.69) is 5.32 Å². The number of esters is 1.